The number of hydrogen-bond acceptors (Lipinski definition) is 2. The molecule has 0 bridgehead atoms. The van der Waals surface area contributed by atoms with Gasteiger partial charge in [0.25, 0.3) is 0 Å². The molecule has 0 aliphatic heterocycles. The third-order valence-electron chi connectivity index (χ3n) is 8.71. The Hall–Kier alpha value is -5.46. The van der Waals surface area contributed by atoms with E-state index in [-0.39, 0.29) is 0 Å². The molecule has 3 heteroatoms. The van der Waals surface area contributed by atoms with Gasteiger partial charge in [-0.05, 0) is 70.0 Å². The highest BCUT2D eigenvalue weighted by atomic mass is 16.3. The van der Waals surface area contributed by atoms with E-state index in [0.717, 1.165) is 61.0 Å². The van der Waals surface area contributed by atoms with Crippen molar-refractivity contribution >= 4 is 21.9 Å². The van der Waals surface area contributed by atoms with Crippen LogP contribution in [-0.4, -0.2) is 0 Å². The van der Waals surface area contributed by atoms with E-state index in [1.807, 2.05) is 18.2 Å². The Kier molecular flexibility index (Phi) is 6.84. The van der Waals surface area contributed by atoms with E-state index in [0.29, 0.717) is 11.5 Å². The molecule has 0 fully saturated rings. The number of nitrogens with zero attached hydrogens (tertiary/aromatic N) is 2. The molecule has 0 amide bonds. The highest BCUT2D eigenvalue weighted by molar-refractivity contribution is 6.14. The van der Waals surface area contributed by atoms with Gasteiger partial charge in [0.05, 0.1) is 17.2 Å². The molecular weight excluding hydrogens is 536 g/mol. The van der Waals surface area contributed by atoms with Crippen LogP contribution >= 0.6 is 0 Å². The molecule has 0 aliphatic carbocycles. The number of fused-ring (bicyclic) bond motifs is 3. The number of aromatic nitrogens is 1. The van der Waals surface area contributed by atoms with Gasteiger partial charge in [-0.15, -0.1) is 0 Å². The van der Waals surface area contributed by atoms with Crippen molar-refractivity contribution in [1.82, 2.24) is 0 Å². The smallest absolute Gasteiger partial charge is 0.216 e. The van der Waals surface area contributed by atoms with Gasteiger partial charge in [-0.25, -0.2) is 4.57 Å². The van der Waals surface area contributed by atoms with Crippen LogP contribution in [0.2, 0.25) is 0 Å². The number of rotatable bonds is 5. The highest BCUT2D eigenvalue weighted by Gasteiger charge is 2.24. The lowest BCUT2D eigenvalue weighted by Gasteiger charge is -2.10. The average Bonchev–Trinajstić information content (AvgIpc) is 3.43. The lowest BCUT2D eigenvalue weighted by Crippen LogP contribution is -2.31. The van der Waals surface area contributed by atoms with Crippen molar-refractivity contribution in [2.24, 2.45) is 7.05 Å². The first-order valence-corrected chi connectivity index (χ1v) is 15.1. The summed E-state index contributed by atoms with van der Waals surface area (Å²) in [5.41, 5.74) is 13.2. The van der Waals surface area contributed by atoms with Gasteiger partial charge in [0.15, 0.2) is 6.20 Å². The van der Waals surface area contributed by atoms with Crippen LogP contribution in [0.1, 0.15) is 36.5 Å². The van der Waals surface area contributed by atoms with E-state index in [1.54, 1.807) is 0 Å². The second-order valence-electron chi connectivity index (χ2n) is 11.8. The zero-order valence-corrected chi connectivity index (χ0v) is 25.4. The van der Waals surface area contributed by atoms with Crippen LogP contribution in [0, 0.1) is 18.3 Å². The quantitative estimate of drug-likeness (QED) is 0.194. The highest BCUT2D eigenvalue weighted by Crippen LogP contribution is 2.42. The molecule has 0 atom stereocenters. The van der Waals surface area contributed by atoms with Crippen molar-refractivity contribution in [1.29, 1.82) is 5.26 Å². The second-order valence-corrected chi connectivity index (χ2v) is 11.8. The molecule has 0 spiro atoms. The molecule has 2 heterocycles. The average molecular weight is 570 g/mol. The first-order valence-electron chi connectivity index (χ1n) is 15.1. The van der Waals surface area contributed by atoms with Crippen molar-refractivity contribution < 1.29 is 8.98 Å². The molecule has 0 saturated carbocycles. The molecule has 0 radical (unpaired) electrons. The van der Waals surface area contributed by atoms with Crippen LogP contribution < -0.4 is 4.57 Å². The van der Waals surface area contributed by atoms with Gasteiger partial charge in [0.2, 0.25) is 5.69 Å². The number of benzene rings is 5. The predicted octanol–water partition coefficient (Wildman–Crippen LogP) is 10.4. The summed E-state index contributed by atoms with van der Waals surface area (Å²) >= 11 is 0. The Labute approximate surface area is 258 Å². The zero-order valence-electron chi connectivity index (χ0n) is 25.4. The minimum absolute atomic E-state index is 0.414. The van der Waals surface area contributed by atoms with Crippen molar-refractivity contribution in [3.8, 4) is 50.7 Å². The number of hydrogen-bond donors (Lipinski definition) is 0. The third-order valence-corrected chi connectivity index (χ3v) is 8.71. The van der Waals surface area contributed by atoms with Gasteiger partial charge in [-0.2, -0.15) is 5.26 Å². The molecule has 0 aliphatic rings. The minimum Gasteiger partial charge on any atom is -0.454 e. The fourth-order valence-corrected chi connectivity index (χ4v) is 6.23. The SMILES string of the molecule is Cc1ccc2c(oc3c(-c4cccc(-c5ccc(-c6ccccc6)cc5)c4)c(C#N)ccc32)c1-c1cc(C(C)C)cc[n+]1C. The van der Waals surface area contributed by atoms with E-state index < -0.39 is 0 Å². The van der Waals surface area contributed by atoms with Crippen LogP contribution in [0.25, 0.3) is 66.6 Å². The summed E-state index contributed by atoms with van der Waals surface area (Å²) in [6, 6.07) is 42.6. The molecule has 0 unspecified atom stereocenters. The Morgan fingerprint density at radius 3 is 1.95 bits per heavy atom. The normalized spacial score (nSPS) is 11.4. The topological polar surface area (TPSA) is 40.8 Å². The molecule has 7 rings (SSSR count). The van der Waals surface area contributed by atoms with Gasteiger partial charge in [0, 0.05) is 28.5 Å². The molecule has 0 saturated heterocycles. The molecule has 0 N–H and O–H groups in total. The van der Waals surface area contributed by atoms with Crippen molar-refractivity contribution in [3.05, 3.63) is 138 Å². The number of aryl methyl sites for hydroxylation is 2. The first kappa shape index (κ1) is 27.4. The summed E-state index contributed by atoms with van der Waals surface area (Å²) in [5, 5.41) is 12.3. The maximum atomic E-state index is 10.2. The van der Waals surface area contributed by atoms with Crippen molar-refractivity contribution in [3.63, 3.8) is 0 Å². The maximum absolute atomic E-state index is 10.2. The number of furan rings is 1. The van der Waals surface area contributed by atoms with E-state index in [1.165, 1.54) is 16.7 Å². The molecule has 212 valence electrons. The van der Waals surface area contributed by atoms with E-state index in [9.17, 15) is 5.26 Å². The lowest BCUT2D eigenvalue weighted by atomic mass is 9.93. The monoisotopic (exact) mass is 569 g/mol. The Morgan fingerprint density at radius 2 is 1.25 bits per heavy atom. The van der Waals surface area contributed by atoms with Gasteiger partial charge in [-0.3, -0.25) is 0 Å². The number of pyridine rings is 1. The summed E-state index contributed by atoms with van der Waals surface area (Å²) in [6.07, 6.45) is 2.13. The molecular formula is C41H33N2O+. The Morgan fingerprint density at radius 1 is 0.636 bits per heavy atom. The Bertz CT molecular complexity index is 2220. The number of nitriles is 1. The summed E-state index contributed by atoms with van der Waals surface area (Å²) in [6.45, 7) is 6.57. The van der Waals surface area contributed by atoms with Gasteiger partial charge < -0.3 is 4.42 Å². The van der Waals surface area contributed by atoms with Crippen molar-refractivity contribution in [2.45, 2.75) is 26.7 Å². The minimum atomic E-state index is 0.414. The summed E-state index contributed by atoms with van der Waals surface area (Å²) < 4.78 is 9.01. The lowest BCUT2D eigenvalue weighted by molar-refractivity contribution is -0.660. The third kappa shape index (κ3) is 4.66. The Balaban J connectivity index is 1.40. The van der Waals surface area contributed by atoms with Gasteiger partial charge >= 0.3 is 0 Å². The van der Waals surface area contributed by atoms with Crippen LogP contribution in [0.5, 0.6) is 0 Å². The van der Waals surface area contributed by atoms with Crippen LogP contribution in [0.3, 0.4) is 0 Å². The molecule has 5 aromatic carbocycles. The predicted molar refractivity (Wildman–Crippen MR) is 180 cm³/mol. The molecule has 7 aromatic rings. The van der Waals surface area contributed by atoms with E-state index in [4.69, 9.17) is 4.42 Å². The van der Waals surface area contributed by atoms with Crippen molar-refractivity contribution in [2.75, 3.05) is 0 Å². The molecule has 2 aromatic heterocycles. The van der Waals surface area contributed by atoms with Crippen LogP contribution in [0.15, 0.2) is 126 Å². The van der Waals surface area contributed by atoms with E-state index >= 15 is 0 Å². The zero-order chi connectivity index (χ0) is 30.4. The fraction of sp³-hybridized carbons (Fsp3) is 0.122. The molecule has 3 nitrogen and oxygen atoms in total. The maximum Gasteiger partial charge on any atom is 0.216 e. The molecule has 44 heavy (non-hydrogen) atoms. The fourth-order valence-electron chi connectivity index (χ4n) is 6.23. The summed E-state index contributed by atoms with van der Waals surface area (Å²) in [4.78, 5) is 0. The second kappa shape index (κ2) is 11.0. The van der Waals surface area contributed by atoms with Gasteiger partial charge in [-0.1, -0.05) is 98.8 Å². The van der Waals surface area contributed by atoms with E-state index in [2.05, 4.69) is 142 Å². The van der Waals surface area contributed by atoms with Crippen LogP contribution in [0.4, 0.5) is 0 Å². The first-order chi connectivity index (χ1) is 21.4. The van der Waals surface area contributed by atoms with Crippen LogP contribution in [-0.2, 0) is 7.05 Å². The standard InChI is InChI=1S/C41H33N2O/c1-26(2)31-21-22-43(4)37(24-31)38-27(3)13-19-35-36-20-18-34(25-42)39(41(36)44-40(35)38)33-12-8-11-32(23-33)30-16-14-29(15-17-30)28-9-6-5-7-10-28/h5-24,26H,1-4H3/q+1. The summed E-state index contributed by atoms with van der Waals surface area (Å²) in [7, 11) is 2.08. The van der Waals surface area contributed by atoms with Gasteiger partial charge in [0.1, 0.15) is 18.2 Å². The largest absolute Gasteiger partial charge is 0.454 e. The summed E-state index contributed by atoms with van der Waals surface area (Å²) in [5.74, 6) is 0.414.